The minimum Gasteiger partial charge on any atom is -0.507 e. The summed E-state index contributed by atoms with van der Waals surface area (Å²) in [6.07, 6.45) is 9.42. The van der Waals surface area contributed by atoms with E-state index in [-0.39, 0.29) is 29.0 Å². The van der Waals surface area contributed by atoms with E-state index >= 15 is 0 Å². The third-order valence-corrected chi connectivity index (χ3v) is 6.40. The fourth-order valence-electron chi connectivity index (χ4n) is 4.25. The van der Waals surface area contributed by atoms with Gasteiger partial charge in [0.2, 0.25) is 0 Å². The molecule has 0 spiro atoms. The lowest BCUT2D eigenvalue weighted by molar-refractivity contribution is -0.144. The Kier molecular flexibility index (Phi) is 8.76. The first-order chi connectivity index (χ1) is 16.6. The molecular formula is C30H38O5. The van der Waals surface area contributed by atoms with Gasteiger partial charge in [-0.15, -0.1) is 0 Å². The molecule has 1 saturated carbocycles. The van der Waals surface area contributed by atoms with Crippen molar-refractivity contribution < 1.29 is 24.2 Å². The number of esters is 2. The highest BCUT2D eigenvalue weighted by molar-refractivity contribution is 5.89. The van der Waals surface area contributed by atoms with Gasteiger partial charge in [0.1, 0.15) is 11.4 Å². The van der Waals surface area contributed by atoms with Crippen LogP contribution in [0.3, 0.4) is 0 Å². The third-order valence-electron chi connectivity index (χ3n) is 6.40. The number of para-hydroxylation sites is 1. The van der Waals surface area contributed by atoms with Gasteiger partial charge in [0.05, 0.1) is 18.6 Å². The highest BCUT2D eigenvalue weighted by atomic mass is 16.6. The Morgan fingerprint density at radius 1 is 1.09 bits per heavy atom. The van der Waals surface area contributed by atoms with E-state index in [9.17, 15) is 14.7 Å². The smallest absolute Gasteiger partial charge is 0.338 e. The van der Waals surface area contributed by atoms with Gasteiger partial charge in [0.15, 0.2) is 0 Å². The quantitative estimate of drug-likeness (QED) is 0.362. The molecule has 5 nitrogen and oxygen atoms in total. The summed E-state index contributed by atoms with van der Waals surface area (Å²) < 4.78 is 10.6. The minimum absolute atomic E-state index is 0.0633. The molecule has 35 heavy (non-hydrogen) atoms. The highest BCUT2D eigenvalue weighted by Gasteiger charge is 2.44. The van der Waals surface area contributed by atoms with Crippen LogP contribution in [0.25, 0.3) is 6.08 Å². The van der Waals surface area contributed by atoms with E-state index in [0.29, 0.717) is 18.6 Å². The minimum atomic E-state index is -0.531. The van der Waals surface area contributed by atoms with Crippen molar-refractivity contribution in [1.29, 1.82) is 0 Å². The van der Waals surface area contributed by atoms with Crippen molar-refractivity contribution in [3.8, 4) is 5.75 Å². The van der Waals surface area contributed by atoms with Gasteiger partial charge >= 0.3 is 11.9 Å². The van der Waals surface area contributed by atoms with Gasteiger partial charge < -0.3 is 14.6 Å². The van der Waals surface area contributed by atoms with E-state index < -0.39 is 5.60 Å². The number of phenolic OH excluding ortho intramolecular Hbond substituents is 1. The van der Waals surface area contributed by atoms with E-state index in [4.69, 9.17) is 9.47 Å². The van der Waals surface area contributed by atoms with Gasteiger partial charge in [0.25, 0.3) is 0 Å². The van der Waals surface area contributed by atoms with E-state index in [0.717, 1.165) is 43.2 Å². The Bertz CT molecular complexity index is 1030. The summed E-state index contributed by atoms with van der Waals surface area (Å²) >= 11 is 0. The van der Waals surface area contributed by atoms with E-state index in [1.807, 2.05) is 76.2 Å². The zero-order chi connectivity index (χ0) is 25.5. The van der Waals surface area contributed by atoms with Crippen LogP contribution in [0.5, 0.6) is 5.75 Å². The number of aromatic hydroxyl groups is 1. The van der Waals surface area contributed by atoms with Gasteiger partial charge in [-0.1, -0.05) is 42.5 Å². The molecule has 2 aromatic carbocycles. The second-order valence-corrected chi connectivity index (χ2v) is 10.6. The summed E-state index contributed by atoms with van der Waals surface area (Å²) in [7, 11) is 0. The molecule has 188 valence electrons. The van der Waals surface area contributed by atoms with Gasteiger partial charge in [-0.05, 0) is 94.9 Å². The van der Waals surface area contributed by atoms with Crippen LogP contribution >= 0.6 is 0 Å². The number of ether oxygens (including phenoxy) is 2. The van der Waals surface area contributed by atoms with Crippen molar-refractivity contribution in [3.63, 3.8) is 0 Å². The number of allylic oxidation sites excluding steroid dienone is 1. The predicted molar refractivity (Wildman–Crippen MR) is 138 cm³/mol. The van der Waals surface area contributed by atoms with Gasteiger partial charge in [0, 0.05) is 5.56 Å². The molecule has 0 aromatic heterocycles. The highest BCUT2D eigenvalue weighted by Crippen LogP contribution is 2.53. The zero-order valence-corrected chi connectivity index (χ0v) is 21.4. The van der Waals surface area contributed by atoms with Crippen LogP contribution in [0, 0.1) is 11.3 Å². The standard InChI is InChI=1S/C30H38O5/c1-5-34-27(32)21-30(18-19-30)17-16-23(10-13-24-8-6-7-9-26(24)31)20-22-11-14-25(15-12-22)28(33)35-29(2,3)4/h6-15,23,31H,5,16-21H2,1-4H3. The maximum absolute atomic E-state index is 12.3. The number of benzene rings is 2. The van der Waals surface area contributed by atoms with Gasteiger partial charge in [-0.2, -0.15) is 0 Å². The van der Waals surface area contributed by atoms with Crippen molar-refractivity contribution in [2.75, 3.05) is 6.61 Å². The molecule has 1 aliphatic carbocycles. The molecule has 3 rings (SSSR count). The average molecular weight is 479 g/mol. The summed E-state index contributed by atoms with van der Waals surface area (Å²) in [5.41, 5.74) is 1.98. The number of rotatable bonds is 11. The molecule has 0 saturated heterocycles. The third kappa shape index (κ3) is 8.57. The summed E-state index contributed by atoms with van der Waals surface area (Å²) in [6, 6.07) is 14.9. The summed E-state index contributed by atoms with van der Waals surface area (Å²) in [5.74, 6) is 0.0468. The van der Waals surface area contributed by atoms with Crippen molar-refractivity contribution in [1.82, 2.24) is 0 Å². The van der Waals surface area contributed by atoms with Crippen LogP contribution in [-0.2, 0) is 20.7 Å². The average Bonchev–Trinajstić information content (AvgIpc) is 3.55. The monoisotopic (exact) mass is 478 g/mol. The maximum atomic E-state index is 12.3. The summed E-state index contributed by atoms with van der Waals surface area (Å²) in [6.45, 7) is 7.82. The Labute approximate surface area is 209 Å². The molecule has 1 unspecified atom stereocenters. The number of carbonyl (C=O) groups is 2. The van der Waals surface area contributed by atoms with E-state index in [1.165, 1.54) is 0 Å². The first kappa shape index (κ1) is 26.5. The largest absolute Gasteiger partial charge is 0.507 e. The molecule has 0 radical (unpaired) electrons. The molecule has 0 amide bonds. The SMILES string of the molecule is CCOC(=O)CC1(CCC(C=Cc2ccccc2O)Cc2ccc(C(=O)OC(C)(C)C)cc2)CC1. The van der Waals surface area contributed by atoms with Crippen LogP contribution < -0.4 is 0 Å². The molecule has 1 N–H and O–H groups in total. The molecule has 2 aromatic rings. The Morgan fingerprint density at radius 2 is 1.77 bits per heavy atom. The topological polar surface area (TPSA) is 72.8 Å². The molecule has 0 heterocycles. The lowest BCUT2D eigenvalue weighted by Gasteiger charge is -2.20. The fraction of sp³-hybridized carbons (Fsp3) is 0.467. The number of carbonyl (C=O) groups excluding carboxylic acids is 2. The predicted octanol–water partition coefficient (Wildman–Crippen LogP) is 6.73. The molecule has 1 aliphatic rings. The molecule has 5 heteroatoms. The van der Waals surface area contributed by atoms with E-state index in [1.54, 1.807) is 6.07 Å². The lowest BCUT2D eigenvalue weighted by Crippen LogP contribution is -2.23. The molecule has 1 atom stereocenters. The Hall–Kier alpha value is -3.08. The summed E-state index contributed by atoms with van der Waals surface area (Å²) in [5, 5.41) is 10.1. The molecular weight excluding hydrogens is 440 g/mol. The number of phenols is 1. The van der Waals surface area contributed by atoms with Crippen LogP contribution in [0.15, 0.2) is 54.6 Å². The number of hydrogen-bond donors (Lipinski definition) is 1. The van der Waals surface area contributed by atoms with Crippen molar-refractivity contribution in [2.45, 2.75) is 71.8 Å². The normalized spacial score (nSPS) is 15.5. The Balaban J connectivity index is 1.70. The molecule has 0 bridgehead atoms. The zero-order valence-electron chi connectivity index (χ0n) is 21.4. The van der Waals surface area contributed by atoms with E-state index in [2.05, 4.69) is 6.08 Å². The van der Waals surface area contributed by atoms with Crippen molar-refractivity contribution in [2.24, 2.45) is 11.3 Å². The van der Waals surface area contributed by atoms with Crippen molar-refractivity contribution in [3.05, 3.63) is 71.3 Å². The Morgan fingerprint density at radius 3 is 2.37 bits per heavy atom. The maximum Gasteiger partial charge on any atom is 0.338 e. The van der Waals surface area contributed by atoms with Crippen LogP contribution in [-0.4, -0.2) is 29.3 Å². The first-order valence-electron chi connectivity index (χ1n) is 12.5. The summed E-state index contributed by atoms with van der Waals surface area (Å²) in [4.78, 5) is 24.4. The van der Waals surface area contributed by atoms with Crippen LogP contribution in [0.2, 0.25) is 0 Å². The second-order valence-electron chi connectivity index (χ2n) is 10.6. The van der Waals surface area contributed by atoms with Gasteiger partial charge in [-0.25, -0.2) is 4.79 Å². The van der Waals surface area contributed by atoms with Crippen LogP contribution in [0.1, 0.15) is 81.3 Å². The first-order valence-corrected chi connectivity index (χ1v) is 12.5. The second kappa shape index (κ2) is 11.6. The fourth-order valence-corrected chi connectivity index (χ4v) is 4.25. The lowest BCUT2D eigenvalue weighted by atomic mass is 9.87. The number of hydrogen-bond acceptors (Lipinski definition) is 5. The molecule has 1 fully saturated rings. The van der Waals surface area contributed by atoms with Crippen molar-refractivity contribution >= 4 is 18.0 Å². The van der Waals surface area contributed by atoms with Gasteiger partial charge in [-0.3, -0.25) is 4.79 Å². The van der Waals surface area contributed by atoms with Crippen LogP contribution in [0.4, 0.5) is 0 Å². The molecule has 0 aliphatic heterocycles.